The van der Waals surface area contributed by atoms with E-state index in [-0.39, 0.29) is 12.4 Å². The Hall–Kier alpha value is -1.75. The summed E-state index contributed by atoms with van der Waals surface area (Å²) in [5.74, 6) is 0. The van der Waals surface area contributed by atoms with Gasteiger partial charge in [-0.1, -0.05) is 0 Å². The van der Waals surface area contributed by atoms with Gasteiger partial charge in [0.05, 0.1) is 11.0 Å². The zero-order chi connectivity index (χ0) is 10.3. The third-order valence-electron chi connectivity index (χ3n) is 2.13. The first-order valence-electron chi connectivity index (χ1n) is 4.08. The van der Waals surface area contributed by atoms with E-state index in [0.29, 0.717) is 16.7 Å². The lowest BCUT2D eigenvalue weighted by Gasteiger charge is -2.03. The molecule has 0 radical (unpaired) electrons. The highest BCUT2D eigenvalue weighted by atomic mass is 35.5. The summed E-state index contributed by atoms with van der Waals surface area (Å²) in [5, 5.41) is 0. The number of fused-ring (bicyclic) bond motifs is 1. The number of rotatable bonds is 0. The fourth-order valence-electron chi connectivity index (χ4n) is 1.38. The van der Waals surface area contributed by atoms with Gasteiger partial charge in [-0.2, -0.15) is 0 Å². The molecule has 0 bridgehead atoms. The Balaban J connectivity index is 0.00000112. The third kappa shape index (κ3) is 1.73. The van der Waals surface area contributed by atoms with Crippen molar-refractivity contribution in [2.75, 3.05) is 5.73 Å². The summed E-state index contributed by atoms with van der Waals surface area (Å²) in [6, 6.07) is 5.00. The minimum Gasteiger partial charge on any atom is -0.399 e. The second kappa shape index (κ2) is 3.78. The van der Waals surface area contributed by atoms with Gasteiger partial charge in [0.15, 0.2) is 0 Å². The van der Waals surface area contributed by atoms with E-state index in [0.717, 1.165) is 0 Å². The molecule has 80 valence electrons. The van der Waals surface area contributed by atoms with Crippen LogP contribution in [0.3, 0.4) is 0 Å². The Morgan fingerprint density at radius 3 is 2.67 bits per heavy atom. The number of nitrogen functional groups attached to an aromatic ring is 1. The van der Waals surface area contributed by atoms with Crippen LogP contribution in [0.1, 0.15) is 0 Å². The predicted molar refractivity (Wildman–Crippen MR) is 61.5 cm³/mol. The number of anilines is 1. The number of halogens is 1. The van der Waals surface area contributed by atoms with Crippen LogP contribution < -0.4 is 16.9 Å². The van der Waals surface area contributed by atoms with Crippen LogP contribution in [0, 0.1) is 0 Å². The van der Waals surface area contributed by atoms with Gasteiger partial charge in [0.1, 0.15) is 0 Å². The fraction of sp³-hybridized carbons (Fsp3) is 0.111. The summed E-state index contributed by atoms with van der Waals surface area (Å²) in [6.07, 6.45) is 0. The lowest BCUT2D eigenvalue weighted by atomic mass is 10.2. The molecular formula is C9H10ClN3O2. The monoisotopic (exact) mass is 227 g/mol. The van der Waals surface area contributed by atoms with Crippen LogP contribution in [-0.4, -0.2) is 9.55 Å². The molecule has 0 atom stereocenters. The lowest BCUT2D eigenvalue weighted by molar-refractivity contribution is 0.874. The van der Waals surface area contributed by atoms with Gasteiger partial charge in [0, 0.05) is 12.7 Å². The molecule has 15 heavy (non-hydrogen) atoms. The predicted octanol–water partition coefficient (Wildman–Crippen LogP) is 0.231. The molecule has 0 unspecified atom stereocenters. The Labute approximate surface area is 90.9 Å². The van der Waals surface area contributed by atoms with Gasteiger partial charge in [-0.05, 0) is 18.2 Å². The van der Waals surface area contributed by atoms with Crippen LogP contribution in [0.15, 0.2) is 27.8 Å². The molecule has 0 aliphatic rings. The number of benzene rings is 1. The molecule has 5 nitrogen and oxygen atoms in total. The zero-order valence-electron chi connectivity index (χ0n) is 7.98. The van der Waals surface area contributed by atoms with Crippen molar-refractivity contribution < 1.29 is 0 Å². The van der Waals surface area contributed by atoms with Crippen molar-refractivity contribution in [3.8, 4) is 0 Å². The average molecular weight is 228 g/mol. The molecule has 6 heteroatoms. The van der Waals surface area contributed by atoms with Crippen molar-refractivity contribution in [1.82, 2.24) is 9.55 Å². The van der Waals surface area contributed by atoms with Crippen molar-refractivity contribution in [2.24, 2.45) is 7.05 Å². The molecule has 3 N–H and O–H groups in total. The summed E-state index contributed by atoms with van der Waals surface area (Å²) in [4.78, 5) is 24.9. The highest BCUT2D eigenvalue weighted by Crippen LogP contribution is 2.11. The lowest BCUT2D eigenvalue weighted by Crippen LogP contribution is -2.34. The van der Waals surface area contributed by atoms with Crippen LogP contribution in [0.5, 0.6) is 0 Å². The van der Waals surface area contributed by atoms with Crippen molar-refractivity contribution in [3.63, 3.8) is 0 Å². The van der Waals surface area contributed by atoms with Crippen LogP contribution >= 0.6 is 12.4 Å². The number of aromatic amines is 1. The molecule has 0 amide bonds. The Bertz CT molecular complexity index is 615. The first-order valence-corrected chi connectivity index (χ1v) is 4.08. The van der Waals surface area contributed by atoms with Crippen LogP contribution in [0.25, 0.3) is 11.0 Å². The molecule has 0 fully saturated rings. The molecule has 0 saturated heterocycles. The van der Waals surface area contributed by atoms with Crippen molar-refractivity contribution >= 4 is 29.1 Å². The number of hydrogen-bond donors (Lipinski definition) is 2. The van der Waals surface area contributed by atoms with E-state index in [1.807, 2.05) is 0 Å². The van der Waals surface area contributed by atoms with Gasteiger partial charge in [0.2, 0.25) is 0 Å². The first kappa shape index (κ1) is 11.3. The standard InChI is InChI=1S/C9H9N3O2.ClH/c1-12-7-3-2-5(10)4-6(7)11-8(13)9(12)14;/h2-4H,10H2,1H3,(H,11,13);1H. The maximum Gasteiger partial charge on any atom is 0.316 e. The topological polar surface area (TPSA) is 80.9 Å². The smallest absolute Gasteiger partial charge is 0.316 e. The summed E-state index contributed by atoms with van der Waals surface area (Å²) in [5.41, 5.74) is 6.12. The third-order valence-corrected chi connectivity index (χ3v) is 2.13. The molecule has 0 aliphatic carbocycles. The minimum atomic E-state index is -0.634. The normalized spacial score (nSPS) is 9.93. The number of aromatic nitrogens is 2. The molecule has 0 saturated carbocycles. The number of nitrogens with one attached hydrogen (secondary N) is 1. The van der Waals surface area contributed by atoms with Gasteiger partial charge in [-0.25, -0.2) is 0 Å². The van der Waals surface area contributed by atoms with Crippen molar-refractivity contribution in [1.29, 1.82) is 0 Å². The Kier molecular flexibility index (Phi) is 2.85. The van der Waals surface area contributed by atoms with Crippen LogP contribution in [0.2, 0.25) is 0 Å². The van der Waals surface area contributed by atoms with E-state index in [2.05, 4.69) is 4.98 Å². The molecule has 2 rings (SSSR count). The van der Waals surface area contributed by atoms with Gasteiger partial charge >= 0.3 is 11.1 Å². The van der Waals surface area contributed by atoms with Gasteiger partial charge in [-0.3, -0.25) is 9.59 Å². The van der Waals surface area contributed by atoms with Gasteiger partial charge in [-0.15, -0.1) is 12.4 Å². The Morgan fingerprint density at radius 2 is 2.00 bits per heavy atom. The summed E-state index contributed by atoms with van der Waals surface area (Å²) < 4.78 is 1.30. The van der Waals surface area contributed by atoms with Crippen molar-refractivity contribution in [3.05, 3.63) is 38.9 Å². The number of aryl methyl sites for hydroxylation is 1. The largest absolute Gasteiger partial charge is 0.399 e. The summed E-state index contributed by atoms with van der Waals surface area (Å²) in [6.45, 7) is 0. The molecule has 2 aromatic rings. The Morgan fingerprint density at radius 1 is 1.33 bits per heavy atom. The zero-order valence-corrected chi connectivity index (χ0v) is 8.80. The minimum absolute atomic E-state index is 0. The number of hydrogen-bond acceptors (Lipinski definition) is 3. The molecule has 1 heterocycles. The average Bonchev–Trinajstić information content (AvgIpc) is 2.14. The van der Waals surface area contributed by atoms with E-state index in [9.17, 15) is 9.59 Å². The maximum atomic E-state index is 11.3. The van der Waals surface area contributed by atoms with Gasteiger partial charge < -0.3 is 15.3 Å². The SMILES string of the molecule is Cl.Cn1c(=O)c(=O)[nH]c2cc(N)ccc21. The molecule has 0 spiro atoms. The van der Waals surface area contributed by atoms with E-state index in [1.54, 1.807) is 25.2 Å². The van der Waals surface area contributed by atoms with E-state index in [4.69, 9.17) is 5.73 Å². The fourth-order valence-corrected chi connectivity index (χ4v) is 1.38. The van der Waals surface area contributed by atoms with Crippen molar-refractivity contribution in [2.45, 2.75) is 0 Å². The summed E-state index contributed by atoms with van der Waals surface area (Å²) >= 11 is 0. The quantitative estimate of drug-likeness (QED) is 0.499. The molecule has 0 aliphatic heterocycles. The molecule has 1 aromatic heterocycles. The number of nitrogens with zero attached hydrogens (tertiary/aromatic N) is 1. The molecule has 1 aromatic carbocycles. The first-order chi connectivity index (χ1) is 6.59. The second-order valence-corrected chi connectivity index (χ2v) is 3.09. The maximum absolute atomic E-state index is 11.3. The highest BCUT2D eigenvalue weighted by molar-refractivity contribution is 5.85. The van der Waals surface area contributed by atoms with Gasteiger partial charge in [0.25, 0.3) is 0 Å². The van der Waals surface area contributed by atoms with E-state index < -0.39 is 11.1 Å². The second-order valence-electron chi connectivity index (χ2n) is 3.09. The van der Waals surface area contributed by atoms with E-state index >= 15 is 0 Å². The van der Waals surface area contributed by atoms with Crippen LogP contribution in [0.4, 0.5) is 5.69 Å². The van der Waals surface area contributed by atoms with Crippen LogP contribution in [-0.2, 0) is 7.05 Å². The highest BCUT2D eigenvalue weighted by Gasteiger charge is 2.03. The number of nitrogens with two attached hydrogens (primary N) is 1. The van der Waals surface area contributed by atoms with E-state index in [1.165, 1.54) is 4.57 Å². The number of H-pyrrole nitrogens is 1. The summed E-state index contributed by atoms with van der Waals surface area (Å²) in [7, 11) is 1.55. The molecular weight excluding hydrogens is 218 g/mol.